The van der Waals surface area contributed by atoms with Crippen LogP contribution in [-0.4, -0.2) is 35.4 Å². The summed E-state index contributed by atoms with van der Waals surface area (Å²) in [6, 6.07) is 0. The molecule has 0 saturated carbocycles. The molecule has 0 aliphatic rings. The molecule has 0 aromatic heterocycles. The standard InChI is InChI=1S/C6H12O5S/c1-2-3-9-4-6(7)5-12-11-10-8/h2,6-8H,1,3-5H2. The first-order valence-electron chi connectivity index (χ1n) is 3.27. The van der Waals surface area contributed by atoms with Gasteiger partial charge in [-0.1, -0.05) is 11.1 Å². The molecule has 0 aliphatic heterocycles. The molecule has 0 fully saturated rings. The van der Waals surface area contributed by atoms with Gasteiger partial charge in [0.25, 0.3) is 0 Å². The van der Waals surface area contributed by atoms with Crippen LogP contribution in [0.2, 0.25) is 0 Å². The van der Waals surface area contributed by atoms with Crippen molar-refractivity contribution in [2.75, 3.05) is 19.0 Å². The van der Waals surface area contributed by atoms with Crippen LogP contribution in [0.1, 0.15) is 0 Å². The molecule has 5 nitrogen and oxygen atoms in total. The van der Waals surface area contributed by atoms with E-state index in [1.54, 1.807) is 6.08 Å². The van der Waals surface area contributed by atoms with Gasteiger partial charge >= 0.3 is 0 Å². The van der Waals surface area contributed by atoms with Gasteiger partial charge in [0, 0.05) is 12.0 Å². The largest absolute Gasteiger partial charge is 0.390 e. The molecule has 1 unspecified atom stereocenters. The molecule has 0 aromatic carbocycles. The quantitative estimate of drug-likeness (QED) is 0.195. The molecule has 0 amide bonds. The van der Waals surface area contributed by atoms with Crippen LogP contribution in [0.5, 0.6) is 0 Å². The molecule has 0 heterocycles. The number of rotatable bonds is 8. The molecule has 0 rings (SSSR count). The molecule has 0 bridgehead atoms. The first-order valence-corrected chi connectivity index (χ1v) is 4.18. The minimum atomic E-state index is -0.648. The van der Waals surface area contributed by atoms with Crippen molar-refractivity contribution in [3.63, 3.8) is 0 Å². The Morgan fingerprint density at radius 2 is 2.33 bits per heavy atom. The zero-order valence-corrected chi connectivity index (χ0v) is 7.33. The Morgan fingerprint density at radius 1 is 1.58 bits per heavy atom. The average Bonchev–Trinajstić information content (AvgIpc) is 2.06. The summed E-state index contributed by atoms with van der Waals surface area (Å²) in [5.41, 5.74) is 0. The third-order valence-electron chi connectivity index (χ3n) is 0.885. The number of aliphatic hydroxyl groups excluding tert-OH is 1. The van der Waals surface area contributed by atoms with Gasteiger partial charge in [-0.2, -0.15) is 0 Å². The molecular formula is C6H12O5S. The van der Waals surface area contributed by atoms with Gasteiger partial charge in [-0.3, -0.25) is 0 Å². The monoisotopic (exact) mass is 196 g/mol. The van der Waals surface area contributed by atoms with Gasteiger partial charge in [-0.25, -0.2) is 5.26 Å². The summed E-state index contributed by atoms with van der Waals surface area (Å²) in [6.45, 7) is 4.05. The van der Waals surface area contributed by atoms with Crippen molar-refractivity contribution in [1.82, 2.24) is 0 Å². The second-order valence-corrected chi connectivity index (χ2v) is 2.61. The lowest BCUT2D eigenvalue weighted by Gasteiger charge is -2.07. The highest BCUT2D eigenvalue weighted by Gasteiger charge is 2.04. The Balaban J connectivity index is 3.09. The van der Waals surface area contributed by atoms with Crippen LogP contribution in [0.25, 0.3) is 0 Å². The van der Waals surface area contributed by atoms with Gasteiger partial charge in [0.2, 0.25) is 0 Å². The van der Waals surface area contributed by atoms with Gasteiger partial charge in [-0.15, -0.1) is 10.9 Å². The third-order valence-corrected chi connectivity index (χ3v) is 1.56. The fraction of sp³-hybridized carbons (Fsp3) is 0.667. The van der Waals surface area contributed by atoms with Crippen LogP contribution < -0.4 is 0 Å². The Hall–Kier alpha value is -0.110. The van der Waals surface area contributed by atoms with E-state index in [9.17, 15) is 0 Å². The molecule has 0 aromatic rings. The van der Waals surface area contributed by atoms with Crippen molar-refractivity contribution < 1.29 is 24.5 Å². The number of aliphatic hydroxyl groups is 1. The summed E-state index contributed by atoms with van der Waals surface area (Å²) in [6.07, 6.45) is 0.942. The van der Waals surface area contributed by atoms with Crippen molar-refractivity contribution in [1.29, 1.82) is 0 Å². The van der Waals surface area contributed by atoms with Crippen LogP contribution >= 0.6 is 12.0 Å². The minimum Gasteiger partial charge on any atom is -0.390 e. The minimum absolute atomic E-state index is 0.202. The zero-order chi connectivity index (χ0) is 9.23. The van der Waals surface area contributed by atoms with E-state index >= 15 is 0 Å². The van der Waals surface area contributed by atoms with Gasteiger partial charge in [-0.05, 0) is 0 Å². The smallest absolute Gasteiger partial charge is 0.0887 e. The van der Waals surface area contributed by atoms with Crippen LogP contribution in [0.15, 0.2) is 12.7 Å². The Kier molecular flexibility index (Phi) is 8.90. The van der Waals surface area contributed by atoms with E-state index in [0.717, 1.165) is 12.0 Å². The second-order valence-electron chi connectivity index (χ2n) is 1.91. The molecule has 12 heavy (non-hydrogen) atoms. The first kappa shape index (κ1) is 11.9. The van der Waals surface area contributed by atoms with Crippen molar-refractivity contribution >= 4 is 12.0 Å². The Labute approximate surface area is 75.0 Å². The Morgan fingerprint density at radius 3 is 2.92 bits per heavy atom. The number of hydrogen-bond acceptors (Lipinski definition) is 6. The lowest BCUT2D eigenvalue weighted by Crippen LogP contribution is -2.18. The molecule has 6 heteroatoms. The van der Waals surface area contributed by atoms with Gasteiger partial charge in [0.05, 0.1) is 25.1 Å². The average molecular weight is 196 g/mol. The fourth-order valence-electron chi connectivity index (χ4n) is 0.463. The van der Waals surface area contributed by atoms with E-state index in [4.69, 9.17) is 15.1 Å². The molecule has 1 atom stereocenters. The number of hydrogen-bond donors (Lipinski definition) is 2. The van der Waals surface area contributed by atoms with Crippen molar-refractivity contribution in [3.05, 3.63) is 12.7 Å². The molecule has 72 valence electrons. The highest BCUT2D eigenvalue weighted by atomic mass is 32.2. The molecule has 0 saturated heterocycles. The van der Waals surface area contributed by atoms with E-state index in [0.29, 0.717) is 6.61 Å². The van der Waals surface area contributed by atoms with E-state index in [-0.39, 0.29) is 12.4 Å². The third kappa shape index (κ3) is 7.99. The molecule has 0 aliphatic carbocycles. The molecule has 2 N–H and O–H groups in total. The SMILES string of the molecule is C=CCOCC(O)CSOOO. The fourth-order valence-corrected chi connectivity index (χ4v) is 0.815. The summed E-state index contributed by atoms with van der Waals surface area (Å²) in [5.74, 6) is 0.262. The zero-order valence-electron chi connectivity index (χ0n) is 6.51. The van der Waals surface area contributed by atoms with Gasteiger partial charge in [0.15, 0.2) is 0 Å². The summed E-state index contributed by atoms with van der Waals surface area (Å²) >= 11 is 0.791. The second kappa shape index (κ2) is 8.98. The summed E-state index contributed by atoms with van der Waals surface area (Å²) in [4.78, 5) is 0. The maximum atomic E-state index is 9.11. The van der Waals surface area contributed by atoms with E-state index in [1.165, 1.54) is 0 Å². The normalized spacial score (nSPS) is 12.8. The maximum Gasteiger partial charge on any atom is 0.0887 e. The van der Waals surface area contributed by atoms with Gasteiger partial charge < -0.3 is 9.84 Å². The van der Waals surface area contributed by atoms with E-state index in [1.807, 2.05) is 0 Å². The van der Waals surface area contributed by atoms with Crippen molar-refractivity contribution in [2.45, 2.75) is 6.10 Å². The lowest BCUT2D eigenvalue weighted by atomic mass is 10.4. The predicted octanol–water partition coefficient (Wildman–Crippen LogP) is 0.619. The van der Waals surface area contributed by atoms with Crippen molar-refractivity contribution in [3.8, 4) is 0 Å². The Bertz CT molecular complexity index is 110. The first-order chi connectivity index (χ1) is 5.81. The molecule has 0 spiro atoms. The predicted molar refractivity (Wildman–Crippen MR) is 44.3 cm³/mol. The summed E-state index contributed by atoms with van der Waals surface area (Å²) < 4.78 is 8.98. The maximum absolute atomic E-state index is 9.11. The summed E-state index contributed by atoms with van der Waals surface area (Å²) in [7, 11) is 0. The summed E-state index contributed by atoms with van der Waals surface area (Å²) in [5, 5.41) is 20.1. The topological polar surface area (TPSA) is 68.2 Å². The lowest BCUT2D eigenvalue weighted by molar-refractivity contribution is -0.432. The van der Waals surface area contributed by atoms with E-state index in [2.05, 4.69) is 16.0 Å². The molecule has 0 radical (unpaired) electrons. The van der Waals surface area contributed by atoms with Gasteiger partial charge in [0.1, 0.15) is 0 Å². The molecular weight excluding hydrogens is 184 g/mol. The van der Waals surface area contributed by atoms with Crippen molar-refractivity contribution in [2.24, 2.45) is 0 Å². The highest BCUT2D eigenvalue weighted by Crippen LogP contribution is 2.04. The van der Waals surface area contributed by atoms with Crippen LogP contribution in [-0.2, 0) is 14.1 Å². The number of ether oxygens (including phenoxy) is 1. The highest BCUT2D eigenvalue weighted by molar-refractivity contribution is 7.94. The van der Waals surface area contributed by atoms with E-state index < -0.39 is 6.10 Å². The van der Waals surface area contributed by atoms with Crippen LogP contribution in [0.4, 0.5) is 0 Å². The van der Waals surface area contributed by atoms with Crippen LogP contribution in [0.3, 0.4) is 0 Å². The van der Waals surface area contributed by atoms with Crippen LogP contribution in [0, 0.1) is 0 Å².